The number of amides is 1. The average Bonchev–Trinajstić information content (AvgIpc) is 2.90. The Hall–Kier alpha value is -1.86. The zero-order valence-corrected chi connectivity index (χ0v) is 16.5. The molecule has 1 aliphatic rings. The normalized spacial score (nSPS) is 16.5. The lowest BCUT2D eigenvalue weighted by atomic mass is 10.0. The molecule has 7 nitrogen and oxygen atoms in total. The fraction of sp³-hybridized carbons (Fsp3) is 0.684. The van der Waals surface area contributed by atoms with E-state index in [0.29, 0.717) is 41.6 Å². The van der Waals surface area contributed by atoms with Gasteiger partial charge in [-0.15, -0.1) is 0 Å². The maximum atomic E-state index is 12.7. The van der Waals surface area contributed by atoms with Gasteiger partial charge in [0.15, 0.2) is 0 Å². The number of hydrogen-bond acceptors (Lipinski definition) is 5. The minimum Gasteiger partial charge on any atom is -0.462 e. The lowest BCUT2D eigenvalue weighted by Gasteiger charge is -2.36. The van der Waals surface area contributed by atoms with E-state index in [4.69, 9.17) is 9.47 Å². The van der Waals surface area contributed by atoms with Gasteiger partial charge in [0.05, 0.1) is 25.4 Å². The van der Waals surface area contributed by atoms with E-state index in [1.165, 1.54) is 0 Å². The number of aromatic nitrogens is 1. The van der Waals surface area contributed by atoms with Gasteiger partial charge < -0.3 is 19.8 Å². The summed E-state index contributed by atoms with van der Waals surface area (Å²) in [5.41, 5.74) is 2.16. The Morgan fingerprint density at radius 3 is 2.50 bits per heavy atom. The van der Waals surface area contributed by atoms with Crippen molar-refractivity contribution >= 4 is 11.9 Å². The molecule has 0 radical (unpaired) electrons. The number of nitrogens with one attached hydrogen (secondary N) is 2. The van der Waals surface area contributed by atoms with E-state index < -0.39 is 5.97 Å². The molecule has 0 spiro atoms. The van der Waals surface area contributed by atoms with E-state index in [2.05, 4.69) is 29.0 Å². The first-order chi connectivity index (χ1) is 12.4. The minimum absolute atomic E-state index is 0.194. The molecule has 0 saturated carbocycles. The van der Waals surface area contributed by atoms with Crippen LogP contribution in [0, 0.1) is 19.8 Å². The van der Waals surface area contributed by atoms with E-state index in [9.17, 15) is 9.59 Å². The first-order valence-corrected chi connectivity index (χ1v) is 9.33. The molecule has 1 aliphatic heterocycles. The van der Waals surface area contributed by atoms with E-state index >= 15 is 0 Å². The quantitative estimate of drug-likeness (QED) is 0.721. The summed E-state index contributed by atoms with van der Waals surface area (Å²) in [7, 11) is 0. The number of rotatable bonds is 7. The van der Waals surface area contributed by atoms with Gasteiger partial charge in [-0.25, -0.2) is 4.79 Å². The van der Waals surface area contributed by atoms with Crippen LogP contribution in [0.15, 0.2) is 0 Å². The van der Waals surface area contributed by atoms with Crippen LogP contribution in [0.5, 0.6) is 0 Å². The van der Waals surface area contributed by atoms with Crippen molar-refractivity contribution in [2.24, 2.45) is 5.92 Å². The standard InChI is InChI=1S/C19H31N3O4/c1-6-26-19(24)16-13(4)17(21-14(16)5)18(23)20-11-15(12(2)3)22-7-9-25-10-8-22/h12,15,21H,6-11H2,1-5H3,(H,20,23)/t15-/m0/s1. The highest BCUT2D eigenvalue weighted by molar-refractivity contribution is 6.00. The lowest BCUT2D eigenvalue weighted by Crippen LogP contribution is -2.51. The summed E-state index contributed by atoms with van der Waals surface area (Å²) in [5.74, 6) is -0.179. The van der Waals surface area contributed by atoms with Crippen LogP contribution in [0.4, 0.5) is 0 Å². The van der Waals surface area contributed by atoms with E-state index in [1.54, 1.807) is 20.8 Å². The van der Waals surface area contributed by atoms with Gasteiger partial charge in [-0.3, -0.25) is 9.69 Å². The fourth-order valence-electron chi connectivity index (χ4n) is 3.47. The molecule has 1 atom stereocenters. The topological polar surface area (TPSA) is 83.7 Å². The third-order valence-corrected chi connectivity index (χ3v) is 4.90. The Kier molecular flexibility index (Phi) is 7.23. The molecule has 2 rings (SSSR count). The van der Waals surface area contributed by atoms with Crippen LogP contribution in [0.2, 0.25) is 0 Å². The number of aromatic amines is 1. The number of carbonyl (C=O) groups is 2. The lowest BCUT2D eigenvalue weighted by molar-refractivity contribution is 0.00671. The Balaban J connectivity index is 2.07. The van der Waals surface area contributed by atoms with Gasteiger partial charge in [-0.2, -0.15) is 0 Å². The van der Waals surface area contributed by atoms with Crippen LogP contribution in [-0.2, 0) is 9.47 Å². The molecular formula is C19H31N3O4. The monoisotopic (exact) mass is 365 g/mol. The molecule has 1 amide bonds. The highest BCUT2D eigenvalue weighted by Crippen LogP contribution is 2.19. The summed E-state index contributed by atoms with van der Waals surface area (Å²) in [6.07, 6.45) is 0. The molecule has 0 bridgehead atoms. The van der Waals surface area contributed by atoms with Crippen molar-refractivity contribution in [3.8, 4) is 0 Å². The maximum absolute atomic E-state index is 12.7. The second kappa shape index (κ2) is 9.19. The zero-order valence-electron chi connectivity index (χ0n) is 16.5. The number of aryl methyl sites for hydroxylation is 1. The fourth-order valence-corrected chi connectivity index (χ4v) is 3.47. The number of H-pyrrole nitrogens is 1. The summed E-state index contributed by atoms with van der Waals surface area (Å²) in [6.45, 7) is 13.7. The van der Waals surface area contributed by atoms with Crippen molar-refractivity contribution in [1.29, 1.82) is 0 Å². The van der Waals surface area contributed by atoms with Gasteiger partial charge in [0.2, 0.25) is 0 Å². The molecule has 2 N–H and O–H groups in total. The first-order valence-electron chi connectivity index (χ1n) is 9.33. The Morgan fingerprint density at radius 1 is 1.27 bits per heavy atom. The third kappa shape index (κ3) is 4.65. The second-order valence-corrected chi connectivity index (χ2v) is 7.02. The molecule has 1 aromatic rings. The molecular weight excluding hydrogens is 334 g/mol. The van der Waals surface area contributed by atoms with E-state index in [1.807, 2.05) is 0 Å². The van der Waals surface area contributed by atoms with Gasteiger partial charge in [0, 0.05) is 31.4 Å². The predicted molar refractivity (Wildman–Crippen MR) is 99.6 cm³/mol. The number of nitrogens with zero attached hydrogens (tertiary/aromatic N) is 1. The SMILES string of the molecule is CCOC(=O)c1c(C)[nH]c(C(=O)NC[C@@H](C(C)C)N2CCOCC2)c1C. The van der Waals surface area contributed by atoms with Crippen LogP contribution in [0.3, 0.4) is 0 Å². The van der Waals surface area contributed by atoms with Crippen LogP contribution in [0.1, 0.15) is 52.9 Å². The summed E-state index contributed by atoms with van der Waals surface area (Å²) < 4.78 is 10.5. The van der Waals surface area contributed by atoms with Gasteiger partial charge in [0.1, 0.15) is 5.69 Å². The highest BCUT2D eigenvalue weighted by Gasteiger charge is 2.26. The van der Waals surface area contributed by atoms with Crippen molar-refractivity contribution in [2.75, 3.05) is 39.5 Å². The Bertz CT molecular complexity index is 633. The van der Waals surface area contributed by atoms with Crippen molar-refractivity contribution < 1.29 is 19.1 Å². The van der Waals surface area contributed by atoms with Crippen molar-refractivity contribution in [1.82, 2.24) is 15.2 Å². The maximum Gasteiger partial charge on any atom is 0.340 e. The summed E-state index contributed by atoms with van der Waals surface area (Å²) in [5, 5.41) is 3.03. The van der Waals surface area contributed by atoms with Crippen LogP contribution < -0.4 is 5.32 Å². The number of carbonyl (C=O) groups excluding carboxylic acids is 2. The van der Waals surface area contributed by atoms with Crippen molar-refractivity contribution in [3.05, 3.63) is 22.5 Å². The average molecular weight is 365 g/mol. The third-order valence-electron chi connectivity index (χ3n) is 4.90. The van der Waals surface area contributed by atoms with Gasteiger partial charge in [0.25, 0.3) is 5.91 Å². The van der Waals surface area contributed by atoms with E-state index in [0.717, 1.165) is 26.3 Å². The Labute approximate surface area is 155 Å². The molecule has 7 heteroatoms. The number of ether oxygens (including phenoxy) is 2. The minimum atomic E-state index is -0.397. The van der Waals surface area contributed by atoms with Gasteiger partial charge in [-0.1, -0.05) is 13.8 Å². The van der Waals surface area contributed by atoms with Crippen LogP contribution >= 0.6 is 0 Å². The predicted octanol–water partition coefficient (Wildman–Crippen LogP) is 1.89. The van der Waals surface area contributed by atoms with Gasteiger partial charge >= 0.3 is 5.97 Å². The molecule has 2 heterocycles. The molecule has 0 aliphatic carbocycles. The summed E-state index contributed by atoms with van der Waals surface area (Å²) in [4.78, 5) is 30.2. The second-order valence-electron chi connectivity index (χ2n) is 7.02. The van der Waals surface area contributed by atoms with Crippen LogP contribution in [0.25, 0.3) is 0 Å². The molecule has 1 aromatic heterocycles. The summed E-state index contributed by atoms with van der Waals surface area (Å²) in [6, 6.07) is 0.253. The number of hydrogen-bond donors (Lipinski definition) is 2. The molecule has 26 heavy (non-hydrogen) atoms. The van der Waals surface area contributed by atoms with Crippen molar-refractivity contribution in [2.45, 2.75) is 40.7 Å². The molecule has 146 valence electrons. The molecule has 0 unspecified atom stereocenters. The molecule has 0 aromatic carbocycles. The smallest absolute Gasteiger partial charge is 0.340 e. The van der Waals surface area contributed by atoms with Crippen molar-refractivity contribution in [3.63, 3.8) is 0 Å². The molecule has 1 saturated heterocycles. The molecule has 1 fully saturated rings. The number of morpholine rings is 1. The summed E-state index contributed by atoms with van der Waals surface area (Å²) >= 11 is 0. The highest BCUT2D eigenvalue weighted by atomic mass is 16.5. The Morgan fingerprint density at radius 2 is 1.92 bits per heavy atom. The van der Waals surface area contributed by atoms with E-state index in [-0.39, 0.29) is 11.9 Å². The zero-order chi connectivity index (χ0) is 19.3. The first kappa shape index (κ1) is 20.5. The van der Waals surface area contributed by atoms with Gasteiger partial charge in [-0.05, 0) is 32.3 Å². The van der Waals surface area contributed by atoms with Crippen LogP contribution in [-0.4, -0.2) is 67.3 Å². The number of esters is 1. The largest absolute Gasteiger partial charge is 0.462 e.